The summed E-state index contributed by atoms with van der Waals surface area (Å²) >= 11 is 15.6. The van der Waals surface area contributed by atoms with Gasteiger partial charge in [-0.15, -0.1) is 0 Å². The summed E-state index contributed by atoms with van der Waals surface area (Å²) in [5.41, 5.74) is 5.60. The number of aromatic nitrogens is 2. The average Bonchev–Trinajstić information content (AvgIpc) is 3.32. The van der Waals surface area contributed by atoms with Crippen LogP contribution in [0.3, 0.4) is 0 Å². The molecule has 1 saturated heterocycles. The molecule has 0 amide bonds. The Labute approximate surface area is 217 Å². The second-order valence-electron chi connectivity index (χ2n) is 8.27. The van der Waals surface area contributed by atoms with Gasteiger partial charge in [0, 0.05) is 32.8 Å². The first kappa shape index (κ1) is 22.9. The molecule has 4 aromatic rings. The van der Waals surface area contributed by atoms with Crippen LogP contribution in [0.1, 0.15) is 34.7 Å². The molecule has 2 aromatic heterocycles. The van der Waals surface area contributed by atoms with Crippen molar-refractivity contribution in [3.63, 3.8) is 0 Å². The minimum Gasteiger partial charge on any atom is -0.506 e. The van der Waals surface area contributed by atoms with Crippen molar-refractivity contribution in [3.8, 4) is 11.4 Å². The zero-order valence-corrected chi connectivity index (χ0v) is 21.7. The Morgan fingerprint density at radius 2 is 1.82 bits per heavy atom. The van der Waals surface area contributed by atoms with E-state index in [4.69, 9.17) is 23.8 Å². The lowest BCUT2D eigenvalue weighted by Crippen LogP contribution is -2.29. The standard InChI is InChI=1S/C26H22BrClN4OS/c1-15-13-20(16(2)31(15)22-14-18(28)8-11-23(22)33)25-24(21-5-3-4-12-29-21)30-26(34)32(25)19-9-6-17(27)7-10-19/h3-14,24-25,33H,1-2H3,(H,30,34). The van der Waals surface area contributed by atoms with E-state index in [2.05, 4.69) is 44.1 Å². The van der Waals surface area contributed by atoms with Gasteiger partial charge in [-0.2, -0.15) is 0 Å². The van der Waals surface area contributed by atoms with Gasteiger partial charge in [-0.3, -0.25) is 4.98 Å². The Hall–Kier alpha value is -2.87. The molecule has 0 saturated carbocycles. The fourth-order valence-electron chi connectivity index (χ4n) is 4.68. The van der Waals surface area contributed by atoms with Crippen LogP contribution in [0.4, 0.5) is 5.69 Å². The van der Waals surface area contributed by atoms with Crippen molar-refractivity contribution in [2.45, 2.75) is 25.9 Å². The molecule has 1 fully saturated rings. The molecular formula is C26H22BrClN4OS. The zero-order chi connectivity index (χ0) is 24.0. The molecule has 5 rings (SSSR count). The van der Waals surface area contributed by atoms with E-state index in [0.29, 0.717) is 15.8 Å². The molecule has 8 heteroatoms. The van der Waals surface area contributed by atoms with E-state index in [0.717, 1.165) is 32.8 Å². The van der Waals surface area contributed by atoms with Gasteiger partial charge in [-0.25, -0.2) is 0 Å². The number of phenolic OH excluding ortho intramolecular Hbond substituents is 1. The number of rotatable bonds is 4. The number of hydrogen-bond acceptors (Lipinski definition) is 3. The second kappa shape index (κ2) is 9.06. The van der Waals surface area contributed by atoms with E-state index >= 15 is 0 Å². The van der Waals surface area contributed by atoms with Crippen molar-refractivity contribution in [1.29, 1.82) is 0 Å². The highest BCUT2D eigenvalue weighted by Crippen LogP contribution is 2.44. The van der Waals surface area contributed by atoms with Crippen LogP contribution in [0.15, 0.2) is 77.4 Å². The summed E-state index contributed by atoms with van der Waals surface area (Å²) in [5.74, 6) is 0.170. The summed E-state index contributed by atoms with van der Waals surface area (Å²) < 4.78 is 3.04. The first-order valence-corrected chi connectivity index (χ1v) is 12.4. The number of thiocarbonyl (C=S) groups is 1. The average molecular weight is 554 g/mol. The highest BCUT2D eigenvalue weighted by molar-refractivity contribution is 9.10. The van der Waals surface area contributed by atoms with Crippen molar-refractivity contribution in [2.75, 3.05) is 4.90 Å². The van der Waals surface area contributed by atoms with E-state index in [1.54, 1.807) is 24.4 Å². The Balaban J connectivity index is 1.70. The van der Waals surface area contributed by atoms with Gasteiger partial charge in [-0.05, 0) is 92.3 Å². The number of aromatic hydroxyl groups is 1. The topological polar surface area (TPSA) is 53.3 Å². The molecule has 0 spiro atoms. The predicted octanol–water partition coefficient (Wildman–Crippen LogP) is 6.79. The number of benzene rings is 2. The van der Waals surface area contributed by atoms with Gasteiger partial charge in [0.2, 0.25) is 0 Å². The first-order chi connectivity index (χ1) is 16.3. The summed E-state index contributed by atoms with van der Waals surface area (Å²) in [5, 5.41) is 15.3. The number of aryl methyl sites for hydroxylation is 1. The molecule has 2 atom stereocenters. The lowest BCUT2D eigenvalue weighted by atomic mass is 9.96. The lowest BCUT2D eigenvalue weighted by Gasteiger charge is -2.28. The SMILES string of the molecule is Cc1cc(C2C(c3ccccn3)NC(=S)N2c2ccc(Br)cc2)c(C)n1-c1cc(Cl)ccc1O. The number of halogens is 2. The summed E-state index contributed by atoms with van der Waals surface area (Å²) in [6.45, 7) is 4.08. The van der Waals surface area contributed by atoms with Crippen molar-refractivity contribution >= 4 is 50.5 Å². The normalized spacial score (nSPS) is 17.8. The fraction of sp³-hybridized carbons (Fsp3) is 0.154. The third-order valence-electron chi connectivity index (χ3n) is 6.17. The predicted molar refractivity (Wildman–Crippen MR) is 144 cm³/mol. The molecule has 172 valence electrons. The maximum Gasteiger partial charge on any atom is 0.174 e. The van der Waals surface area contributed by atoms with Crippen LogP contribution in [0.5, 0.6) is 5.75 Å². The van der Waals surface area contributed by atoms with Crippen LogP contribution in [0.25, 0.3) is 5.69 Å². The van der Waals surface area contributed by atoms with E-state index in [1.807, 2.05) is 54.0 Å². The lowest BCUT2D eigenvalue weighted by molar-refractivity contribution is 0.471. The molecule has 1 aliphatic rings. The van der Waals surface area contributed by atoms with Gasteiger partial charge in [0.25, 0.3) is 0 Å². The molecule has 3 heterocycles. The molecule has 1 aliphatic heterocycles. The molecule has 0 radical (unpaired) electrons. The van der Waals surface area contributed by atoms with Crippen molar-refractivity contribution < 1.29 is 5.11 Å². The van der Waals surface area contributed by atoms with Gasteiger partial charge in [0.1, 0.15) is 5.75 Å². The van der Waals surface area contributed by atoms with E-state index in [1.165, 1.54) is 0 Å². The Morgan fingerprint density at radius 1 is 1.06 bits per heavy atom. The van der Waals surface area contributed by atoms with E-state index in [-0.39, 0.29) is 17.8 Å². The minimum atomic E-state index is -0.153. The van der Waals surface area contributed by atoms with Gasteiger partial charge in [0.05, 0.1) is 23.5 Å². The minimum absolute atomic E-state index is 0.148. The molecule has 2 unspecified atom stereocenters. The third kappa shape index (κ3) is 3.98. The van der Waals surface area contributed by atoms with Crippen LogP contribution in [-0.2, 0) is 0 Å². The zero-order valence-electron chi connectivity index (χ0n) is 18.5. The van der Waals surface area contributed by atoms with Crippen LogP contribution < -0.4 is 10.2 Å². The fourth-order valence-corrected chi connectivity index (χ4v) is 5.46. The monoisotopic (exact) mass is 552 g/mol. The largest absolute Gasteiger partial charge is 0.506 e. The quantitative estimate of drug-likeness (QED) is 0.273. The van der Waals surface area contributed by atoms with Gasteiger partial charge in [-0.1, -0.05) is 33.6 Å². The molecule has 0 aliphatic carbocycles. The number of hydrogen-bond donors (Lipinski definition) is 2. The van der Waals surface area contributed by atoms with E-state index in [9.17, 15) is 5.11 Å². The van der Waals surface area contributed by atoms with Crippen LogP contribution in [0, 0.1) is 13.8 Å². The maximum absolute atomic E-state index is 10.6. The van der Waals surface area contributed by atoms with Crippen molar-refractivity contribution in [1.82, 2.24) is 14.9 Å². The molecule has 5 nitrogen and oxygen atoms in total. The summed E-state index contributed by atoms with van der Waals surface area (Å²) in [6.07, 6.45) is 1.80. The van der Waals surface area contributed by atoms with Gasteiger partial charge < -0.3 is 19.9 Å². The number of nitrogens with zero attached hydrogens (tertiary/aromatic N) is 3. The Morgan fingerprint density at radius 3 is 2.53 bits per heavy atom. The van der Waals surface area contributed by atoms with Gasteiger partial charge >= 0.3 is 0 Å². The third-order valence-corrected chi connectivity index (χ3v) is 7.25. The summed E-state index contributed by atoms with van der Waals surface area (Å²) in [7, 11) is 0. The molecule has 2 N–H and O–H groups in total. The summed E-state index contributed by atoms with van der Waals surface area (Å²) in [4.78, 5) is 6.78. The maximum atomic E-state index is 10.6. The molecule has 34 heavy (non-hydrogen) atoms. The number of pyridine rings is 1. The first-order valence-electron chi connectivity index (χ1n) is 10.8. The number of phenols is 1. The second-order valence-corrected chi connectivity index (χ2v) is 10.0. The van der Waals surface area contributed by atoms with Crippen molar-refractivity contribution in [3.05, 3.63) is 105 Å². The van der Waals surface area contributed by atoms with Gasteiger partial charge in [0.15, 0.2) is 5.11 Å². The Kier molecular flexibility index (Phi) is 6.10. The molecule has 0 bridgehead atoms. The highest BCUT2D eigenvalue weighted by atomic mass is 79.9. The summed E-state index contributed by atoms with van der Waals surface area (Å²) in [6, 6.07) is 21.0. The molecular weight excluding hydrogens is 532 g/mol. The van der Waals surface area contributed by atoms with Crippen LogP contribution in [-0.4, -0.2) is 19.8 Å². The number of anilines is 1. The molecule has 2 aromatic carbocycles. The van der Waals surface area contributed by atoms with Crippen molar-refractivity contribution in [2.24, 2.45) is 0 Å². The highest BCUT2D eigenvalue weighted by Gasteiger charge is 2.42. The van der Waals surface area contributed by atoms with E-state index < -0.39 is 0 Å². The smallest absolute Gasteiger partial charge is 0.174 e. The van der Waals surface area contributed by atoms with Crippen LogP contribution in [0.2, 0.25) is 5.02 Å². The number of nitrogens with one attached hydrogen (secondary N) is 1. The van der Waals surface area contributed by atoms with Crippen LogP contribution >= 0.6 is 39.7 Å². The Bertz CT molecular complexity index is 1370.